The van der Waals surface area contributed by atoms with Crippen molar-refractivity contribution in [2.24, 2.45) is 11.5 Å². The normalized spacial score (nSPS) is 15.8. The first-order chi connectivity index (χ1) is 21.7. The van der Waals surface area contributed by atoms with Gasteiger partial charge in [-0.3, -0.25) is 14.6 Å². The summed E-state index contributed by atoms with van der Waals surface area (Å²) in [7, 11) is 0. The van der Waals surface area contributed by atoms with E-state index in [1.807, 2.05) is 0 Å². The Labute approximate surface area is 238 Å². The van der Waals surface area contributed by atoms with Gasteiger partial charge in [-0.25, -0.2) is 19.2 Å². The average Bonchev–Trinajstić information content (AvgIpc) is 2.93. The molecule has 10 N–H and O–H groups in total. The number of carbonyl (C=O) groups excluding carboxylic acids is 2. The lowest BCUT2D eigenvalue weighted by Gasteiger charge is -2.23. The van der Waals surface area contributed by atoms with E-state index in [1.165, 1.54) is 12.3 Å². The number of nitrogens with zero attached hydrogens (tertiary/aromatic N) is 1. The number of aliphatic carboxylic acids is 4. The number of anilines is 2. The summed E-state index contributed by atoms with van der Waals surface area (Å²) in [5, 5.41) is 35.7. The molecule has 0 amide bonds. The number of ketones is 2. The Morgan fingerprint density at radius 3 is 1.45 bits per heavy atom. The highest BCUT2D eigenvalue weighted by Gasteiger charge is 2.34. The molecule has 0 fully saturated rings. The zero-order valence-corrected chi connectivity index (χ0v) is 20.0. The molecule has 1 aromatic carbocycles. The van der Waals surface area contributed by atoms with Gasteiger partial charge in [0, 0.05) is 85.1 Å². The van der Waals surface area contributed by atoms with Gasteiger partial charge in [0.05, 0.1) is 22.2 Å². The number of carboxylic acid groups (broad SMARTS) is 4. The summed E-state index contributed by atoms with van der Waals surface area (Å²) < 4.78 is 61.5. The van der Waals surface area contributed by atoms with Gasteiger partial charge in [-0.05, 0) is 18.2 Å². The lowest BCUT2D eigenvalue weighted by atomic mass is 9.83. The summed E-state index contributed by atoms with van der Waals surface area (Å²) in [6.07, 6.45) is 4.66. The molecule has 1 aliphatic rings. The van der Waals surface area contributed by atoms with Crippen LogP contribution < -0.4 is 22.1 Å². The lowest BCUT2D eigenvalue weighted by molar-refractivity contribution is -0.134. The minimum absolute atomic E-state index is 0.0359. The van der Waals surface area contributed by atoms with E-state index in [4.69, 9.17) is 42.9 Å². The second kappa shape index (κ2) is 16.4. The Balaban J connectivity index is 0.000000594. The summed E-state index contributed by atoms with van der Waals surface area (Å²) in [5.74, 6) is -6.51. The molecule has 1 aliphatic carbocycles. The van der Waals surface area contributed by atoms with Crippen molar-refractivity contribution in [2.75, 3.05) is 36.6 Å². The van der Waals surface area contributed by atoms with Crippen LogP contribution in [0.25, 0.3) is 0 Å². The molecule has 212 valence electrons. The van der Waals surface area contributed by atoms with Gasteiger partial charge in [0.2, 0.25) is 0 Å². The number of hydrogen-bond donors (Lipinski definition) is 8. The van der Waals surface area contributed by atoms with E-state index in [9.17, 15) is 28.8 Å². The van der Waals surface area contributed by atoms with E-state index >= 15 is 0 Å². The van der Waals surface area contributed by atoms with Crippen molar-refractivity contribution in [1.29, 1.82) is 0 Å². The molecule has 0 atom stereocenters. The zero-order valence-electron chi connectivity index (χ0n) is 28.0. The number of aromatic nitrogens is 1. The Kier molecular flexibility index (Phi) is 8.84. The molecule has 15 heteroatoms. The number of benzene rings is 1. The molecule has 0 bridgehead atoms. The second-order valence-electron chi connectivity index (χ2n) is 6.80. The van der Waals surface area contributed by atoms with Gasteiger partial charge in [-0.2, -0.15) is 0 Å². The molecule has 40 heavy (non-hydrogen) atoms. The van der Waals surface area contributed by atoms with Gasteiger partial charge in [-0.15, -0.1) is 0 Å². The van der Waals surface area contributed by atoms with Crippen LogP contribution >= 0.6 is 0 Å². The molecule has 0 radical (unpaired) electrons. The summed E-state index contributed by atoms with van der Waals surface area (Å²) in [6.45, 7) is -11.5. The van der Waals surface area contributed by atoms with Crippen LogP contribution in [0.4, 0.5) is 11.4 Å². The van der Waals surface area contributed by atoms with Crippen molar-refractivity contribution in [3.8, 4) is 0 Å². The lowest BCUT2D eigenvalue weighted by Crippen LogP contribution is -2.26. The van der Waals surface area contributed by atoms with E-state index in [0.717, 1.165) is 18.3 Å². The Hall–Kier alpha value is -5.41. The van der Waals surface area contributed by atoms with Crippen LogP contribution in [0.3, 0.4) is 0 Å². The Morgan fingerprint density at radius 2 is 1.10 bits per heavy atom. The zero-order chi connectivity index (χ0) is 37.4. The monoisotopic (exact) mass is 565 g/mol. The Bertz CT molecular complexity index is 1520. The van der Waals surface area contributed by atoms with E-state index in [2.05, 4.69) is 15.6 Å². The SMILES string of the molecule is O=C(O)/C=C/C(=O)O.O=C(O)/C=C/C(=O)O.[2H]C([2H])(N)C([2H])([2H])Nc1ccc(NC([2H])([2H])C([2H])([2H])N)c2c1C(=O)c1ccncc1C2=O. The van der Waals surface area contributed by atoms with Crippen LogP contribution in [0.2, 0.25) is 0 Å². The standard InChI is InChI=1S/C17H19N5O2.2C4H4O4/c18-4-7-21-12-1-2-13(22-8-5-19)15-14(12)16(23)10-3-6-20-9-11(10)17(15)24;2*5-3(6)1-2-4(7)8/h1-3,6,9,21-22H,4-5,7-8,18-19H2;2*1-2H,(H,5,6)(H,7,8)/b;2*2-1+/i4D2,5D2,7D2,8D2;;. The van der Waals surface area contributed by atoms with E-state index < -0.39 is 61.4 Å². The smallest absolute Gasteiger partial charge is 0.328 e. The minimum Gasteiger partial charge on any atom is -0.478 e. The van der Waals surface area contributed by atoms with E-state index in [0.29, 0.717) is 24.3 Å². The molecule has 1 heterocycles. The van der Waals surface area contributed by atoms with Crippen LogP contribution in [0.5, 0.6) is 0 Å². The molecule has 0 unspecified atom stereocenters. The number of nitrogens with two attached hydrogens (primary N) is 2. The fourth-order valence-corrected chi connectivity index (χ4v) is 2.82. The van der Waals surface area contributed by atoms with Crippen LogP contribution in [0, 0.1) is 0 Å². The molecule has 3 rings (SSSR count). The molecule has 1 aromatic heterocycles. The Morgan fingerprint density at radius 1 is 0.725 bits per heavy atom. The first-order valence-corrected chi connectivity index (χ1v) is 10.4. The molecular weight excluding hydrogens is 530 g/mol. The van der Waals surface area contributed by atoms with Crippen LogP contribution in [-0.4, -0.2) is 86.8 Å². The minimum atomic E-state index is -2.87. The largest absolute Gasteiger partial charge is 0.478 e. The van der Waals surface area contributed by atoms with Crippen molar-refractivity contribution in [3.63, 3.8) is 0 Å². The van der Waals surface area contributed by atoms with E-state index in [1.54, 1.807) is 0 Å². The van der Waals surface area contributed by atoms with Gasteiger partial charge in [0.15, 0.2) is 11.6 Å². The van der Waals surface area contributed by atoms with Gasteiger partial charge >= 0.3 is 23.9 Å². The topological polar surface area (TPSA) is 272 Å². The maximum absolute atomic E-state index is 13.2. The number of nitrogens with one attached hydrogen (secondary N) is 2. The highest BCUT2D eigenvalue weighted by Crippen LogP contribution is 2.36. The highest BCUT2D eigenvalue weighted by molar-refractivity contribution is 6.31. The van der Waals surface area contributed by atoms with Crippen molar-refractivity contribution < 1.29 is 60.2 Å². The highest BCUT2D eigenvalue weighted by atomic mass is 16.4. The summed E-state index contributed by atoms with van der Waals surface area (Å²) in [6, 6.07) is 3.54. The maximum Gasteiger partial charge on any atom is 0.328 e. The molecule has 0 saturated carbocycles. The van der Waals surface area contributed by atoms with Gasteiger partial charge < -0.3 is 42.5 Å². The third-order valence-electron chi connectivity index (χ3n) is 4.25. The van der Waals surface area contributed by atoms with Crippen molar-refractivity contribution in [1.82, 2.24) is 4.98 Å². The predicted molar refractivity (Wildman–Crippen MR) is 141 cm³/mol. The molecular formula is C25H27N5O10. The number of pyridine rings is 1. The van der Waals surface area contributed by atoms with Gasteiger partial charge in [0.25, 0.3) is 0 Å². The van der Waals surface area contributed by atoms with Crippen molar-refractivity contribution in [2.45, 2.75) is 0 Å². The molecule has 0 aliphatic heterocycles. The molecule has 0 spiro atoms. The fourth-order valence-electron chi connectivity index (χ4n) is 2.82. The number of hydrogen-bond acceptors (Lipinski definition) is 11. The summed E-state index contributed by atoms with van der Waals surface area (Å²) >= 11 is 0. The quantitative estimate of drug-likeness (QED) is 0.150. The molecule has 2 aromatic rings. The van der Waals surface area contributed by atoms with E-state index in [-0.39, 0.29) is 33.6 Å². The predicted octanol–water partition coefficient (Wildman–Crippen LogP) is 0.0218. The second-order valence-corrected chi connectivity index (χ2v) is 6.80. The van der Waals surface area contributed by atoms with Crippen LogP contribution in [-0.2, 0) is 19.2 Å². The van der Waals surface area contributed by atoms with Gasteiger partial charge in [-0.1, -0.05) is 0 Å². The first-order valence-electron chi connectivity index (χ1n) is 14.4. The summed E-state index contributed by atoms with van der Waals surface area (Å²) in [5.41, 5.74) is 9.12. The molecule has 15 nitrogen and oxygen atoms in total. The summed E-state index contributed by atoms with van der Waals surface area (Å²) in [4.78, 5) is 68.5. The van der Waals surface area contributed by atoms with Crippen LogP contribution in [0.1, 0.15) is 42.8 Å². The fraction of sp³-hybridized carbons (Fsp3) is 0.160. The van der Waals surface area contributed by atoms with Crippen molar-refractivity contribution >= 4 is 46.8 Å². The third-order valence-corrected chi connectivity index (χ3v) is 4.25. The van der Waals surface area contributed by atoms with Crippen molar-refractivity contribution in [3.05, 3.63) is 77.2 Å². The van der Waals surface area contributed by atoms with Crippen LogP contribution in [0.15, 0.2) is 54.9 Å². The average molecular weight is 566 g/mol. The number of fused-ring (bicyclic) bond motifs is 2. The first kappa shape index (κ1) is 21.5. The number of carbonyl (C=O) groups is 6. The number of rotatable bonds is 10. The maximum atomic E-state index is 13.2. The molecule has 0 saturated heterocycles. The third kappa shape index (κ3) is 10.2. The number of carboxylic acids is 4. The van der Waals surface area contributed by atoms with Gasteiger partial charge in [0.1, 0.15) is 0 Å².